The number of hydrogen-bond acceptors (Lipinski definition) is 5. The Labute approximate surface area is 179 Å². The minimum absolute atomic E-state index is 0.200. The second-order valence-corrected chi connectivity index (χ2v) is 10.5. The lowest BCUT2D eigenvalue weighted by atomic mass is 10.2. The number of benzene rings is 1. The van der Waals surface area contributed by atoms with Gasteiger partial charge < -0.3 is 5.32 Å². The van der Waals surface area contributed by atoms with Crippen LogP contribution in [0.15, 0.2) is 46.7 Å². The van der Waals surface area contributed by atoms with Gasteiger partial charge in [-0.3, -0.25) is 4.79 Å². The van der Waals surface area contributed by atoms with Crippen molar-refractivity contribution in [3.05, 3.63) is 69.3 Å². The number of carbonyl (C=O) groups is 1. The van der Waals surface area contributed by atoms with Gasteiger partial charge in [0.15, 0.2) is 0 Å². The van der Waals surface area contributed by atoms with Gasteiger partial charge in [0.05, 0.1) is 24.3 Å². The molecule has 3 rings (SSSR count). The van der Waals surface area contributed by atoms with Crippen LogP contribution in [0.25, 0.3) is 0 Å². The van der Waals surface area contributed by atoms with Gasteiger partial charge >= 0.3 is 0 Å². The second kappa shape index (κ2) is 8.66. The van der Waals surface area contributed by atoms with E-state index >= 15 is 0 Å². The average molecular weight is 453 g/mol. The maximum atomic E-state index is 12.7. The predicted octanol–water partition coefficient (Wildman–Crippen LogP) is 3.14. The van der Waals surface area contributed by atoms with Crippen molar-refractivity contribution < 1.29 is 13.2 Å². The fourth-order valence-corrected chi connectivity index (χ4v) is 5.48. The topological polar surface area (TPSA) is 84.3 Å². The summed E-state index contributed by atoms with van der Waals surface area (Å²) in [4.78, 5) is 13.4. The van der Waals surface area contributed by atoms with Crippen LogP contribution in [0, 0.1) is 6.92 Å². The number of amides is 1. The van der Waals surface area contributed by atoms with Crippen LogP contribution in [-0.4, -0.2) is 42.5 Å². The van der Waals surface area contributed by atoms with E-state index in [2.05, 4.69) is 10.4 Å². The third kappa shape index (κ3) is 4.69. The molecule has 2 heterocycles. The molecule has 0 aliphatic heterocycles. The highest BCUT2D eigenvalue weighted by molar-refractivity contribution is 7.91. The number of sulfonamides is 1. The Morgan fingerprint density at radius 1 is 1.21 bits per heavy atom. The highest BCUT2D eigenvalue weighted by atomic mass is 35.5. The van der Waals surface area contributed by atoms with Crippen molar-refractivity contribution in [2.75, 3.05) is 14.1 Å². The summed E-state index contributed by atoms with van der Waals surface area (Å²) in [6, 6.07) is 12.9. The normalized spacial score (nSPS) is 11.8. The second-order valence-electron chi connectivity index (χ2n) is 6.59. The molecule has 1 aromatic carbocycles. The molecule has 1 amide bonds. The van der Waals surface area contributed by atoms with Crippen molar-refractivity contribution in [2.24, 2.45) is 0 Å². The number of hydrogen-bond donors (Lipinski definition) is 1. The number of carbonyl (C=O) groups excluding carboxylic acids is 1. The summed E-state index contributed by atoms with van der Waals surface area (Å²) in [6.07, 6.45) is 0. The molecule has 0 bridgehead atoms. The lowest BCUT2D eigenvalue weighted by Crippen LogP contribution is -2.23. The molecule has 0 spiro atoms. The zero-order chi connectivity index (χ0) is 21.2. The number of aromatic nitrogens is 2. The van der Waals surface area contributed by atoms with Crippen molar-refractivity contribution >= 4 is 38.9 Å². The highest BCUT2D eigenvalue weighted by Gasteiger charge is 2.22. The first-order valence-corrected chi connectivity index (χ1v) is 11.4. The highest BCUT2D eigenvalue weighted by Crippen LogP contribution is 2.24. The monoisotopic (exact) mass is 452 g/mol. The van der Waals surface area contributed by atoms with Crippen molar-refractivity contribution in [1.82, 2.24) is 19.4 Å². The number of halogens is 1. The van der Waals surface area contributed by atoms with Gasteiger partial charge in [-0.25, -0.2) is 17.4 Å². The van der Waals surface area contributed by atoms with Crippen LogP contribution in [0.2, 0.25) is 5.15 Å². The minimum atomic E-state index is -3.48. The molecule has 154 valence electrons. The first-order chi connectivity index (χ1) is 13.7. The Kier molecular flexibility index (Phi) is 6.42. The molecule has 3 aromatic rings. The molecule has 10 heteroatoms. The van der Waals surface area contributed by atoms with Gasteiger partial charge in [-0.2, -0.15) is 5.10 Å². The maximum absolute atomic E-state index is 12.7. The van der Waals surface area contributed by atoms with E-state index in [0.29, 0.717) is 17.8 Å². The van der Waals surface area contributed by atoms with E-state index in [4.69, 9.17) is 11.6 Å². The van der Waals surface area contributed by atoms with Crippen LogP contribution in [-0.2, 0) is 23.1 Å². The van der Waals surface area contributed by atoms with E-state index in [9.17, 15) is 13.2 Å². The van der Waals surface area contributed by atoms with Crippen LogP contribution >= 0.6 is 22.9 Å². The van der Waals surface area contributed by atoms with E-state index in [1.54, 1.807) is 17.7 Å². The van der Waals surface area contributed by atoms with Gasteiger partial charge in [0, 0.05) is 19.0 Å². The van der Waals surface area contributed by atoms with E-state index in [1.807, 2.05) is 30.3 Å². The molecule has 0 fully saturated rings. The van der Waals surface area contributed by atoms with Gasteiger partial charge in [-0.1, -0.05) is 41.9 Å². The quantitative estimate of drug-likeness (QED) is 0.596. The van der Waals surface area contributed by atoms with Crippen LogP contribution < -0.4 is 5.32 Å². The zero-order valence-corrected chi connectivity index (χ0v) is 18.6. The van der Waals surface area contributed by atoms with Crippen LogP contribution in [0.3, 0.4) is 0 Å². The largest absolute Gasteiger partial charge is 0.347 e. The molecule has 2 aromatic heterocycles. The van der Waals surface area contributed by atoms with E-state index in [0.717, 1.165) is 26.1 Å². The van der Waals surface area contributed by atoms with Crippen LogP contribution in [0.4, 0.5) is 0 Å². The predicted molar refractivity (Wildman–Crippen MR) is 114 cm³/mol. The van der Waals surface area contributed by atoms with Crippen LogP contribution in [0.5, 0.6) is 0 Å². The van der Waals surface area contributed by atoms with Gasteiger partial charge in [0.2, 0.25) is 0 Å². The van der Waals surface area contributed by atoms with E-state index < -0.39 is 10.0 Å². The molecular weight excluding hydrogens is 432 g/mol. The molecule has 1 N–H and O–H groups in total. The molecule has 29 heavy (non-hydrogen) atoms. The molecule has 0 aliphatic rings. The molecule has 7 nitrogen and oxygen atoms in total. The Morgan fingerprint density at radius 2 is 1.90 bits per heavy atom. The fourth-order valence-electron chi connectivity index (χ4n) is 2.70. The molecule has 0 aliphatic carbocycles. The molecule has 0 atom stereocenters. The third-order valence-electron chi connectivity index (χ3n) is 4.26. The van der Waals surface area contributed by atoms with Gasteiger partial charge in [-0.05, 0) is 24.6 Å². The molecule has 0 radical (unpaired) electrons. The Morgan fingerprint density at radius 3 is 2.55 bits per heavy atom. The van der Waals surface area contributed by atoms with Gasteiger partial charge in [-0.15, -0.1) is 11.3 Å². The first kappa shape index (κ1) is 21.5. The smallest absolute Gasteiger partial charge is 0.256 e. The van der Waals surface area contributed by atoms with Crippen molar-refractivity contribution in [3.8, 4) is 0 Å². The molecule has 0 saturated carbocycles. The third-order valence-corrected chi connectivity index (χ3v) is 8.01. The first-order valence-electron chi connectivity index (χ1n) is 8.76. The number of aryl methyl sites for hydroxylation is 1. The minimum Gasteiger partial charge on any atom is -0.347 e. The lowest BCUT2D eigenvalue weighted by Gasteiger charge is -2.08. The van der Waals surface area contributed by atoms with Crippen molar-refractivity contribution in [1.29, 1.82) is 0 Å². The number of nitrogens with one attached hydrogen (secondary N) is 1. The van der Waals surface area contributed by atoms with Crippen molar-refractivity contribution in [3.63, 3.8) is 0 Å². The summed E-state index contributed by atoms with van der Waals surface area (Å²) >= 11 is 7.53. The Hall–Kier alpha value is -2.20. The average Bonchev–Trinajstić information content (AvgIpc) is 3.26. The summed E-state index contributed by atoms with van der Waals surface area (Å²) in [5.41, 5.74) is 1.88. The van der Waals surface area contributed by atoms with Crippen LogP contribution in [0.1, 0.15) is 26.5 Å². The van der Waals surface area contributed by atoms with E-state index in [1.165, 1.54) is 20.2 Å². The molecule has 0 saturated heterocycles. The Bertz CT molecular complexity index is 1120. The van der Waals surface area contributed by atoms with Gasteiger partial charge in [0.1, 0.15) is 9.36 Å². The maximum Gasteiger partial charge on any atom is 0.256 e. The molecule has 0 unspecified atom stereocenters. The summed E-state index contributed by atoms with van der Waals surface area (Å²) in [7, 11) is -0.521. The number of thiophene rings is 1. The van der Waals surface area contributed by atoms with Crippen molar-refractivity contribution in [2.45, 2.75) is 24.2 Å². The Balaban J connectivity index is 1.71. The molecular formula is C19H21ClN4O3S2. The SMILES string of the molecule is Cc1nn(Cc2ccccc2)c(Cl)c1C(=O)NCc1ccc(S(=O)(=O)N(C)C)s1. The number of nitrogens with zero attached hydrogens (tertiary/aromatic N) is 3. The standard InChI is InChI=1S/C19H21ClN4O3S2/c1-13-17(18(20)24(22-13)12-14-7-5-4-6-8-14)19(25)21-11-15-9-10-16(28-15)29(26,27)23(2)3/h4-10H,11-12H2,1-3H3,(H,21,25). The zero-order valence-electron chi connectivity index (χ0n) is 16.2. The summed E-state index contributed by atoms with van der Waals surface area (Å²) in [5.74, 6) is -0.350. The number of rotatable bonds is 7. The van der Waals surface area contributed by atoms with Gasteiger partial charge in [0.25, 0.3) is 15.9 Å². The van der Waals surface area contributed by atoms with E-state index in [-0.39, 0.29) is 21.8 Å². The lowest BCUT2D eigenvalue weighted by molar-refractivity contribution is 0.0950. The summed E-state index contributed by atoms with van der Waals surface area (Å²) < 4.78 is 27.3. The summed E-state index contributed by atoms with van der Waals surface area (Å²) in [5, 5.41) is 7.44. The fraction of sp³-hybridized carbons (Fsp3) is 0.263. The summed E-state index contributed by atoms with van der Waals surface area (Å²) in [6.45, 7) is 2.39.